The molecule has 11 nitrogen and oxygen atoms in total. The van der Waals surface area contributed by atoms with E-state index in [1.165, 1.54) is 27.7 Å². The molecule has 0 aliphatic carbocycles. The van der Waals surface area contributed by atoms with Crippen LogP contribution in [0, 0.1) is 17.8 Å². The maximum absolute atomic E-state index is 13.5. The van der Waals surface area contributed by atoms with Crippen LogP contribution in [-0.2, 0) is 11.3 Å². The fraction of sp³-hybridized carbons (Fsp3) is 0.462. The number of amides is 2. The summed E-state index contributed by atoms with van der Waals surface area (Å²) in [7, 11) is 2.02. The fourth-order valence-corrected chi connectivity index (χ4v) is 5.59. The molecule has 15 heteroatoms. The molecular weight excluding hydrogens is 561 g/mol. The van der Waals surface area contributed by atoms with Crippen molar-refractivity contribution in [3.8, 4) is 11.8 Å². The van der Waals surface area contributed by atoms with Crippen molar-refractivity contribution in [2.24, 2.45) is 5.92 Å². The minimum atomic E-state index is -4.56. The molecular formula is C26H29F3N8O3S. The molecule has 3 aromatic rings. The maximum atomic E-state index is 13.5. The molecule has 1 fully saturated rings. The number of hydrogen-bond acceptors (Lipinski definition) is 8. The number of cyclic esters (lactones) is 1. The van der Waals surface area contributed by atoms with E-state index < -0.39 is 17.5 Å². The lowest BCUT2D eigenvalue weighted by Crippen LogP contribution is -2.45. The van der Waals surface area contributed by atoms with Gasteiger partial charge in [0.2, 0.25) is 0 Å². The van der Waals surface area contributed by atoms with Crippen molar-refractivity contribution in [1.82, 2.24) is 34.7 Å². The van der Waals surface area contributed by atoms with Crippen LogP contribution in [0.4, 0.5) is 23.7 Å². The van der Waals surface area contributed by atoms with Gasteiger partial charge in [0.1, 0.15) is 10.7 Å². The molecule has 2 aliphatic heterocycles. The van der Waals surface area contributed by atoms with Gasteiger partial charge in [-0.3, -0.25) is 13.9 Å². The monoisotopic (exact) mass is 590 g/mol. The number of fused-ring (bicyclic) bond motifs is 4. The summed E-state index contributed by atoms with van der Waals surface area (Å²) in [4.78, 5) is 31.4. The average Bonchev–Trinajstić information content (AvgIpc) is 3.52. The number of alkyl carbamates (subject to hydrolysis) is 1. The number of nitrogens with one attached hydrogen (secondary N) is 3. The Morgan fingerprint density at radius 3 is 2.88 bits per heavy atom. The quantitative estimate of drug-likeness (QED) is 0.293. The van der Waals surface area contributed by atoms with Crippen LogP contribution < -0.4 is 16.0 Å². The number of anilines is 1. The van der Waals surface area contributed by atoms with E-state index in [-0.39, 0.29) is 59.7 Å². The van der Waals surface area contributed by atoms with Crippen molar-refractivity contribution in [1.29, 1.82) is 0 Å². The Morgan fingerprint density at radius 2 is 2.05 bits per heavy atom. The van der Waals surface area contributed by atoms with Gasteiger partial charge in [-0.05, 0) is 50.4 Å². The number of thioether (sulfide) groups is 1. The van der Waals surface area contributed by atoms with Gasteiger partial charge in [-0.1, -0.05) is 5.92 Å². The number of aromatic nitrogens is 4. The van der Waals surface area contributed by atoms with Crippen LogP contribution in [0.25, 0.3) is 5.65 Å². The van der Waals surface area contributed by atoms with Crippen LogP contribution in [0.15, 0.2) is 35.7 Å². The van der Waals surface area contributed by atoms with Crippen LogP contribution in [0.3, 0.4) is 0 Å². The summed E-state index contributed by atoms with van der Waals surface area (Å²) in [5, 5.41) is 12.8. The Morgan fingerprint density at radius 1 is 1.20 bits per heavy atom. The van der Waals surface area contributed by atoms with Gasteiger partial charge in [0.25, 0.3) is 5.91 Å². The number of piperidine rings is 1. The summed E-state index contributed by atoms with van der Waals surface area (Å²) in [5.74, 6) is 5.10. The number of alkyl halides is 3. The van der Waals surface area contributed by atoms with Crippen LogP contribution in [0.2, 0.25) is 0 Å². The van der Waals surface area contributed by atoms with Crippen LogP contribution in [0.5, 0.6) is 0 Å². The Bertz CT molecular complexity index is 1480. The van der Waals surface area contributed by atoms with E-state index in [9.17, 15) is 22.8 Å². The summed E-state index contributed by atoms with van der Waals surface area (Å²) in [6.45, 7) is 2.28. The molecule has 2 amide bonds. The first kappa shape index (κ1) is 28.6. The zero-order valence-electron chi connectivity index (χ0n) is 22.2. The molecule has 4 bridgehead atoms. The zero-order chi connectivity index (χ0) is 29.0. The van der Waals surface area contributed by atoms with Gasteiger partial charge in [-0.25, -0.2) is 9.78 Å². The first-order valence-electron chi connectivity index (χ1n) is 13.1. The topological polar surface area (TPSA) is 118 Å². The molecule has 0 radical (unpaired) electrons. The predicted molar refractivity (Wildman–Crippen MR) is 146 cm³/mol. The van der Waals surface area contributed by atoms with Crippen molar-refractivity contribution in [2.45, 2.75) is 36.0 Å². The van der Waals surface area contributed by atoms with Crippen molar-refractivity contribution >= 4 is 35.1 Å². The van der Waals surface area contributed by atoms with E-state index >= 15 is 0 Å². The van der Waals surface area contributed by atoms with Gasteiger partial charge in [0.15, 0.2) is 5.65 Å². The molecule has 0 aromatic carbocycles. The van der Waals surface area contributed by atoms with E-state index in [1.54, 1.807) is 12.1 Å². The molecule has 0 spiro atoms. The molecule has 0 unspecified atom stereocenters. The second-order valence-electron chi connectivity index (χ2n) is 9.82. The molecule has 41 heavy (non-hydrogen) atoms. The predicted octanol–water partition coefficient (Wildman–Crippen LogP) is 2.79. The highest BCUT2D eigenvalue weighted by Gasteiger charge is 2.34. The molecule has 5 heterocycles. The number of carbonyl (C=O) groups is 2. The first-order chi connectivity index (χ1) is 19.7. The average molecular weight is 591 g/mol. The minimum absolute atomic E-state index is 0.0175. The Hall–Kier alpha value is -3.90. The highest BCUT2D eigenvalue weighted by molar-refractivity contribution is 8.00. The third-order valence-electron chi connectivity index (χ3n) is 6.87. The van der Waals surface area contributed by atoms with Crippen LogP contribution in [0.1, 0.15) is 28.9 Å². The third kappa shape index (κ3) is 7.25. The minimum Gasteiger partial charge on any atom is -0.450 e. The van der Waals surface area contributed by atoms with Crippen molar-refractivity contribution in [3.05, 3.63) is 42.0 Å². The second-order valence-corrected chi connectivity index (χ2v) is 10.9. The second kappa shape index (κ2) is 12.3. The van der Waals surface area contributed by atoms with Crippen molar-refractivity contribution in [3.63, 3.8) is 0 Å². The summed E-state index contributed by atoms with van der Waals surface area (Å²) in [5.41, 5.74) is -3.42. The largest absolute Gasteiger partial charge is 0.450 e. The molecule has 2 atom stereocenters. The Kier molecular flexibility index (Phi) is 8.60. The number of carbonyl (C=O) groups excluding carboxylic acids is 2. The number of likely N-dealkylation sites (tertiary alicyclic amines) is 1. The molecule has 1 saturated heterocycles. The lowest BCUT2D eigenvalue weighted by molar-refractivity contribution is -0.0330. The lowest BCUT2D eigenvalue weighted by atomic mass is 9.89. The van der Waals surface area contributed by atoms with Crippen molar-refractivity contribution in [2.75, 3.05) is 45.2 Å². The van der Waals surface area contributed by atoms with E-state index in [0.29, 0.717) is 24.3 Å². The van der Waals surface area contributed by atoms with Gasteiger partial charge in [0.05, 0.1) is 37.1 Å². The molecule has 0 saturated carbocycles. The lowest BCUT2D eigenvalue weighted by Gasteiger charge is -2.37. The number of ether oxygens (including phenoxy) is 1. The first-order valence-corrected chi connectivity index (χ1v) is 13.9. The van der Waals surface area contributed by atoms with Gasteiger partial charge in [-0.15, -0.1) is 0 Å². The number of rotatable bonds is 1. The Labute approximate surface area is 238 Å². The van der Waals surface area contributed by atoms with Gasteiger partial charge >= 0.3 is 11.6 Å². The number of pyridine rings is 1. The molecule has 3 N–H and O–H groups in total. The van der Waals surface area contributed by atoms with Crippen LogP contribution in [-0.4, -0.2) is 87.4 Å². The summed E-state index contributed by atoms with van der Waals surface area (Å²) < 4.78 is 48.9. The van der Waals surface area contributed by atoms with Gasteiger partial charge in [0, 0.05) is 43.3 Å². The maximum Gasteiger partial charge on any atom is 0.447 e. The summed E-state index contributed by atoms with van der Waals surface area (Å²) in [6, 6.07) is 3.42. The number of nitrogens with zero attached hydrogens (tertiary/aromatic N) is 5. The molecule has 5 rings (SSSR count). The highest BCUT2D eigenvalue weighted by atomic mass is 32.2. The smallest absolute Gasteiger partial charge is 0.447 e. The third-order valence-corrected chi connectivity index (χ3v) is 7.68. The summed E-state index contributed by atoms with van der Waals surface area (Å²) in [6.07, 6.45) is 5.26. The fourth-order valence-electron chi connectivity index (χ4n) is 4.93. The zero-order valence-corrected chi connectivity index (χ0v) is 23.0. The summed E-state index contributed by atoms with van der Waals surface area (Å²) >= 11 is -0.284. The normalized spacial score (nSPS) is 21.3. The highest BCUT2D eigenvalue weighted by Crippen LogP contribution is 2.39. The molecule has 2 aliphatic rings. The number of halogens is 3. The van der Waals surface area contributed by atoms with Gasteiger partial charge in [-0.2, -0.15) is 18.3 Å². The van der Waals surface area contributed by atoms with E-state index in [4.69, 9.17) is 4.74 Å². The van der Waals surface area contributed by atoms with E-state index in [2.05, 4.69) is 42.8 Å². The molecule has 3 aromatic heterocycles. The van der Waals surface area contributed by atoms with Crippen molar-refractivity contribution < 1.29 is 27.5 Å². The number of imidazole rings is 1. The van der Waals surface area contributed by atoms with E-state index in [1.807, 2.05) is 7.05 Å². The van der Waals surface area contributed by atoms with Gasteiger partial charge < -0.3 is 25.6 Å². The number of hydrogen-bond donors (Lipinski definition) is 3. The Balaban J connectivity index is 1.48. The molecule has 218 valence electrons. The van der Waals surface area contributed by atoms with E-state index in [0.717, 1.165) is 19.5 Å². The SMILES string of the molecule is CN1CC[C@@H]2Nc3cccn4c(SC(F)(F)F)c(nc34)C#CCNC(=O)c3cnn(c3)CCNC(=O)OCC[C@H]2C1. The standard InChI is InChI=1S/C26H29F3N8O3S/c1-35-11-6-19-17(15-35)7-13-40-25(39)31-9-12-36-16-18(14-32-36)23(38)30-8-2-4-21-24(41-26(27,28)29)37-10-3-5-20(33-19)22(37)34-21/h3,5,10,14,16-17,19,33H,6-9,11-13,15H2,1H3,(H,30,38)(H,31,39)/t17-,19-/m0/s1. The van der Waals surface area contributed by atoms with Crippen LogP contribution >= 0.6 is 11.8 Å².